The van der Waals surface area contributed by atoms with Crippen LogP contribution < -0.4 is 5.32 Å². The van der Waals surface area contributed by atoms with Crippen molar-refractivity contribution in [2.45, 2.75) is 31.3 Å². The molecular weight excluding hydrogens is 382 g/mol. The molecular formula is C18H17N5O2S2. The maximum absolute atomic E-state index is 12.4. The van der Waals surface area contributed by atoms with Gasteiger partial charge in [-0.2, -0.15) is 5.26 Å². The lowest BCUT2D eigenvalue weighted by Gasteiger charge is -2.05. The fourth-order valence-electron chi connectivity index (χ4n) is 3.20. The summed E-state index contributed by atoms with van der Waals surface area (Å²) in [5.74, 6) is 1.52. The number of aromatic nitrogens is 3. The lowest BCUT2D eigenvalue weighted by Crippen LogP contribution is -2.14. The summed E-state index contributed by atoms with van der Waals surface area (Å²) in [7, 11) is 1.86. The number of thioether (sulfide) groups is 1. The van der Waals surface area contributed by atoms with E-state index in [1.165, 1.54) is 28.0 Å². The van der Waals surface area contributed by atoms with Gasteiger partial charge in [-0.15, -0.1) is 21.5 Å². The summed E-state index contributed by atoms with van der Waals surface area (Å²) >= 11 is 2.83. The molecule has 138 valence electrons. The van der Waals surface area contributed by atoms with Crippen molar-refractivity contribution in [2.24, 2.45) is 7.05 Å². The van der Waals surface area contributed by atoms with Crippen molar-refractivity contribution in [3.63, 3.8) is 0 Å². The number of rotatable bonds is 5. The normalized spacial score (nSPS) is 12.8. The summed E-state index contributed by atoms with van der Waals surface area (Å²) < 4.78 is 7.16. The first-order valence-corrected chi connectivity index (χ1v) is 10.3. The number of carbonyl (C=O) groups is 1. The molecule has 1 aliphatic rings. The van der Waals surface area contributed by atoms with Crippen LogP contribution in [0.3, 0.4) is 0 Å². The summed E-state index contributed by atoms with van der Waals surface area (Å²) in [6.07, 6.45) is 4.62. The fraction of sp³-hybridized carbons (Fsp3) is 0.333. The molecule has 0 bridgehead atoms. The standard InChI is InChI=1S/C18H17N5O2S2/c1-10-11(6-7-25-10)16-21-22-18(23(16)2)26-9-15(24)20-17-13(8-19)12-4-3-5-14(12)27-17/h6-7H,3-5,9H2,1-2H3,(H,20,24). The summed E-state index contributed by atoms with van der Waals surface area (Å²) in [6.45, 7) is 1.87. The molecule has 0 aromatic carbocycles. The second-order valence-corrected chi connectivity index (χ2v) is 8.31. The zero-order chi connectivity index (χ0) is 19.0. The van der Waals surface area contributed by atoms with Crippen molar-refractivity contribution in [3.8, 4) is 17.5 Å². The molecule has 0 atom stereocenters. The average molecular weight is 400 g/mol. The van der Waals surface area contributed by atoms with Crippen LogP contribution in [0.4, 0.5) is 5.00 Å². The van der Waals surface area contributed by atoms with Crippen LogP contribution in [0.1, 0.15) is 28.2 Å². The first-order chi connectivity index (χ1) is 13.1. The average Bonchev–Trinajstić information content (AvgIpc) is 3.39. The minimum Gasteiger partial charge on any atom is -0.469 e. The lowest BCUT2D eigenvalue weighted by atomic mass is 10.1. The third kappa shape index (κ3) is 3.26. The first kappa shape index (κ1) is 17.8. The van der Waals surface area contributed by atoms with Crippen LogP contribution in [0.25, 0.3) is 11.4 Å². The summed E-state index contributed by atoms with van der Waals surface area (Å²) in [6, 6.07) is 4.09. The van der Waals surface area contributed by atoms with Gasteiger partial charge in [0.1, 0.15) is 16.8 Å². The summed E-state index contributed by atoms with van der Waals surface area (Å²) in [5, 5.41) is 22.0. The van der Waals surface area contributed by atoms with Crippen molar-refractivity contribution < 1.29 is 9.21 Å². The predicted molar refractivity (Wildman–Crippen MR) is 104 cm³/mol. The Balaban J connectivity index is 1.43. The molecule has 1 N–H and O–H groups in total. The van der Waals surface area contributed by atoms with Crippen LogP contribution in [0.5, 0.6) is 0 Å². The molecule has 0 aliphatic heterocycles. The molecule has 1 aliphatic carbocycles. The molecule has 3 aromatic heterocycles. The Morgan fingerprint density at radius 1 is 1.48 bits per heavy atom. The molecule has 27 heavy (non-hydrogen) atoms. The van der Waals surface area contributed by atoms with Gasteiger partial charge in [-0.1, -0.05) is 11.8 Å². The molecule has 0 radical (unpaired) electrons. The Bertz CT molecular complexity index is 1060. The maximum Gasteiger partial charge on any atom is 0.235 e. The number of thiophene rings is 1. The lowest BCUT2D eigenvalue weighted by molar-refractivity contribution is -0.113. The van der Waals surface area contributed by atoms with Gasteiger partial charge in [0.2, 0.25) is 5.91 Å². The minimum atomic E-state index is -0.152. The van der Waals surface area contributed by atoms with Crippen LogP contribution in [0.2, 0.25) is 0 Å². The van der Waals surface area contributed by atoms with E-state index in [1.54, 1.807) is 6.26 Å². The van der Waals surface area contributed by atoms with Crippen molar-refractivity contribution in [3.05, 3.63) is 34.1 Å². The smallest absolute Gasteiger partial charge is 0.235 e. The largest absolute Gasteiger partial charge is 0.469 e. The van der Waals surface area contributed by atoms with E-state index in [0.717, 1.165) is 36.1 Å². The third-order valence-corrected chi connectivity index (χ3v) is 6.78. The highest BCUT2D eigenvalue weighted by molar-refractivity contribution is 7.99. The zero-order valence-corrected chi connectivity index (χ0v) is 16.5. The molecule has 0 fully saturated rings. The molecule has 0 unspecified atom stereocenters. The first-order valence-electron chi connectivity index (χ1n) is 8.49. The third-order valence-electron chi connectivity index (χ3n) is 4.55. The SMILES string of the molecule is Cc1occc1-c1nnc(SCC(=O)Nc2sc3c(c2C#N)CCC3)n1C. The number of carbonyl (C=O) groups excluding carboxylic acids is 1. The Hall–Kier alpha value is -2.57. The van der Waals surface area contributed by atoms with E-state index in [4.69, 9.17) is 4.42 Å². The number of aryl methyl sites for hydroxylation is 2. The van der Waals surface area contributed by atoms with Gasteiger partial charge in [-0.3, -0.25) is 4.79 Å². The molecule has 0 spiro atoms. The molecule has 3 heterocycles. The highest BCUT2D eigenvalue weighted by Crippen LogP contribution is 2.38. The highest BCUT2D eigenvalue weighted by atomic mass is 32.2. The number of furan rings is 1. The number of nitrogens with zero attached hydrogens (tertiary/aromatic N) is 4. The van der Waals surface area contributed by atoms with Crippen LogP contribution in [-0.4, -0.2) is 26.4 Å². The number of hydrogen-bond acceptors (Lipinski definition) is 7. The van der Waals surface area contributed by atoms with Gasteiger partial charge in [0.15, 0.2) is 11.0 Å². The van der Waals surface area contributed by atoms with E-state index in [1.807, 2.05) is 24.6 Å². The van der Waals surface area contributed by atoms with E-state index in [0.29, 0.717) is 21.5 Å². The van der Waals surface area contributed by atoms with Gasteiger partial charge < -0.3 is 14.3 Å². The van der Waals surface area contributed by atoms with Gasteiger partial charge in [0.25, 0.3) is 0 Å². The summed E-state index contributed by atoms with van der Waals surface area (Å²) in [5.41, 5.74) is 2.62. The van der Waals surface area contributed by atoms with Gasteiger partial charge in [0, 0.05) is 11.9 Å². The quantitative estimate of drug-likeness (QED) is 0.659. The fourth-order valence-corrected chi connectivity index (χ4v) is 5.16. The predicted octanol–water partition coefficient (Wildman–Crippen LogP) is 3.54. The van der Waals surface area contributed by atoms with Gasteiger partial charge >= 0.3 is 0 Å². The van der Waals surface area contributed by atoms with E-state index in [2.05, 4.69) is 21.6 Å². The highest BCUT2D eigenvalue weighted by Gasteiger charge is 2.23. The van der Waals surface area contributed by atoms with Gasteiger partial charge in [-0.25, -0.2) is 0 Å². The van der Waals surface area contributed by atoms with Crippen molar-refractivity contribution in [2.75, 3.05) is 11.1 Å². The van der Waals surface area contributed by atoms with Crippen LogP contribution >= 0.6 is 23.1 Å². The number of amides is 1. The maximum atomic E-state index is 12.4. The molecule has 7 nitrogen and oxygen atoms in total. The Morgan fingerprint density at radius 2 is 2.33 bits per heavy atom. The van der Waals surface area contributed by atoms with E-state index in [-0.39, 0.29) is 11.7 Å². The molecule has 3 aromatic rings. The second-order valence-electron chi connectivity index (χ2n) is 6.27. The Labute approximate surface area is 164 Å². The summed E-state index contributed by atoms with van der Waals surface area (Å²) in [4.78, 5) is 13.6. The number of nitriles is 1. The van der Waals surface area contributed by atoms with Crippen molar-refractivity contribution >= 4 is 34.0 Å². The minimum absolute atomic E-state index is 0.152. The van der Waals surface area contributed by atoms with Crippen molar-refractivity contribution in [1.82, 2.24) is 14.8 Å². The van der Waals surface area contributed by atoms with E-state index in [9.17, 15) is 10.1 Å². The topological polar surface area (TPSA) is 96.7 Å². The molecule has 4 rings (SSSR count). The van der Waals surface area contributed by atoms with Crippen molar-refractivity contribution in [1.29, 1.82) is 5.26 Å². The monoisotopic (exact) mass is 399 g/mol. The number of fused-ring (bicyclic) bond motifs is 1. The molecule has 0 saturated carbocycles. The number of anilines is 1. The van der Waals surface area contributed by atoms with Crippen LogP contribution in [0, 0.1) is 18.3 Å². The Morgan fingerprint density at radius 3 is 3.07 bits per heavy atom. The molecule has 9 heteroatoms. The number of nitrogens with one attached hydrogen (secondary N) is 1. The van der Waals surface area contributed by atoms with Gasteiger partial charge in [0.05, 0.1) is 23.1 Å². The van der Waals surface area contributed by atoms with E-state index >= 15 is 0 Å². The second kappa shape index (κ2) is 7.21. The van der Waals surface area contributed by atoms with Gasteiger partial charge in [-0.05, 0) is 37.8 Å². The zero-order valence-electron chi connectivity index (χ0n) is 14.9. The molecule has 1 amide bonds. The number of hydrogen-bond donors (Lipinski definition) is 1. The van der Waals surface area contributed by atoms with E-state index < -0.39 is 0 Å². The Kier molecular flexibility index (Phi) is 4.76. The van der Waals surface area contributed by atoms with Crippen LogP contribution in [0.15, 0.2) is 21.9 Å². The van der Waals surface area contributed by atoms with Crippen LogP contribution in [-0.2, 0) is 24.7 Å². The molecule has 0 saturated heterocycles.